The molecule has 0 unspecified atom stereocenters. The van der Waals surface area contributed by atoms with Gasteiger partial charge >= 0.3 is 0 Å². The summed E-state index contributed by atoms with van der Waals surface area (Å²) in [5.74, 6) is 0.904. The Balaban J connectivity index is 2.21. The molecule has 0 spiro atoms. The van der Waals surface area contributed by atoms with Crippen LogP contribution >= 0.6 is 22.6 Å². The van der Waals surface area contributed by atoms with Crippen LogP contribution in [0, 0.1) is 3.57 Å². The van der Waals surface area contributed by atoms with E-state index in [1.54, 1.807) is 0 Å². The van der Waals surface area contributed by atoms with Gasteiger partial charge in [0.25, 0.3) is 0 Å². The fourth-order valence-electron chi connectivity index (χ4n) is 2.54. The quantitative estimate of drug-likeness (QED) is 0.470. The van der Waals surface area contributed by atoms with Crippen molar-refractivity contribution >= 4 is 44.5 Å². The summed E-state index contributed by atoms with van der Waals surface area (Å²) >= 11 is 2.30. The molecule has 4 aromatic rings. The predicted octanol–water partition coefficient (Wildman–Crippen LogP) is 4.18. The third kappa shape index (κ3) is 1.71. The van der Waals surface area contributed by atoms with Crippen molar-refractivity contribution in [1.82, 2.24) is 14.5 Å². The summed E-state index contributed by atoms with van der Waals surface area (Å²) in [4.78, 5) is 9.05. The molecule has 0 saturated heterocycles. The summed E-state index contributed by atoms with van der Waals surface area (Å²) in [5, 5.41) is 2.36. The molecule has 3 nitrogen and oxygen atoms in total. The Kier molecular flexibility index (Phi) is 2.70. The number of fused-ring (bicyclic) bond motifs is 3. The summed E-state index contributed by atoms with van der Waals surface area (Å²) in [7, 11) is 0. The highest BCUT2D eigenvalue weighted by atomic mass is 127. The molecule has 4 rings (SSSR count). The Morgan fingerprint density at radius 3 is 2.60 bits per heavy atom. The van der Waals surface area contributed by atoms with Gasteiger partial charge < -0.3 is 0 Å². The molecule has 0 bridgehead atoms. The number of hydrogen-bond acceptors (Lipinski definition) is 2. The van der Waals surface area contributed by atoms with Crippen molar-refractivity contribution in [3.05, 3.63) is 64.5 Å². The van der Waals surface area contributed by atoms with E-state index in [4.69, 9.17) is 0 Å². The van der Waals surface area contributed by atoms with Gasteiger partial charge in [-0.2, -0.15) is 0 Å². The third-order valence-corrected chi connectivity index (χ3v) is 4.04. The number of rotatable bonds is 1. The van der Waals surface area contributed by atoms with E-state index in [0.717, 1.165) is 25.9 Å². The molecule has 0 radical (unpaired) electrons. The predicted molar refractivity (Wildman–Crippen MR) is 89.1 cm³/mol. The second-order valence-electron chi connectivity index (χ2n) is 4.56. The lowest BCUT2D eigenvalue weighted by Gasteiger charge is -2.05. The molecular formula is C16H10IN3. The van der Waals surface area contributed by atoms with E-state index in [-0.39, 0.29) is 0 Å². The average molecular weight is 371 g/mol. The van der Waals surface area contributed by atoms with E-state index in [0.29, 0.717) is 0 Å². The van der Waals surface area contributed by atoms with Crippen LogP contribution in [0.2, 0.25) is 0 Å². The first-order chi connectivity index (χ1) is 9.84. The third-order valence-electron chi connectivity index (χ3n) is 3.37. The monoisotopic (exact) mass is 371 g/mol. The Morgan fingerprint density at radius 2 is 1.70 bits per heavy atom. The number of halogens is 1. The maximum atomic E-state index is 4.54. The van der Waals surface area contributed by atoms with Crippen molar-refractivity contribution in [2.45, 2.75) is 0 Å². The molecule has 0 saturated carbocycles. The first-order valence-electron chi connectivity index (χ1n) is 6.31. The number of hydrogen-bond donors (Lipinski definition) is 0. The van der Waals surface area contributed by atoms with Crippen LogP contribution in [0.3, 0.4) is 0 Å². The van der Waals surface area contributed by atoms with Crippen LogP contribution in [0.15, 0.2) is 60.9 Å². The van der Waals surface area contributed by atoms with Gasteiger partial charge in [-0.15, -0.1) is 0 Å². The zero-order valence-corrected chi connectivity index (χ0v) is 12.7. The number of nitrogens with zero attached hydrogens (tertiary/aromatic N) is 3. The summed E-state index contributed by atoms with van der Waals surface area (Å²) in [6, 6.07) is 16.5. The van der Waals surface area contributed by atoms with Crippen LogP contribution in [0.4, 0.5) is 0 Å². The Hall–Kier alpha value is -1.95. The van der Waals surface area contributed by atoms with Crippen molar-refractivity contribution in [2.75, 3.05) is 0 Å². The molecule has 3 heterocycles. The van der Waals surface area contributed by atoms with Crippen LogP contribution in [0.25, 0.3) is 27.8 Å². The lowest BCUT2D eigenvalue weighted by molar-refractivity contribution is 1.05. The van der Waals surface area contributed by atoms with Crippen LogP contribution in [0.5, 0.6) is 0 Å². The van der Waals surface area contributed by atoms with Gasteiger partial charge in [0.05, 0.1) is 5.52 Å². The molecule has 0 aliphatic rings. The van der Waals surface area contributed by atoms with E-state index >= 15 is 0 Å². The zero-order chi connectivity index (χ0) is 13.5. The highest BCUT2D eigenvalue weighted by molar-refractivity contribution is 14.1. The van der Waals surface area contributed by atoms with E-state index in [9.17, 15) is 0 Å². The highest BCUT2D eigenvalue weighted by Crippen LogP contribution is 2.29. The van der Waals surface area contributed by atoms with E-state index in [2.05, 4.69) is 67.5 Å². The SMILES string of the molecule is Ic1ccnc(-n2c3ccccc3c3cccnc32)c1. The molecule has 4 heteroatoms. The van der Waals surface area contributed by atoms with Gasteiger partial charge in [-0.3, -0.25) is 4.57 Å². The molecule has 0 N–H and O–H groups in total. The van der Waals surface area contributed by atoms with Gasteiger partial charge in [-0.25, -0.2) is 9.97 Å². The lowest BCUT2D eigenvalue weighted by atomic mass is 10.2. The first kappa shape index (κ1) is 11.8. The maximum absolute atomic E-state index is 4.54. The topological polar surface area (TPSA) is 30.7 Å². The first-order valence-corrected chi connectivity index (χ1v) is 7.38. The Bertz CT molecular complexity index is 874. The van der Waals surface area contributed by atoms with E-state index in [1.807, 2.05) is 30.6 Å². The molecule has 1 aromatic carbocycles. The van der Waals surface area contributed by atoms with Crippen molar-refractivity contribution in [2.24, 2.45) is 0 Å². The normalized spacial score (nSPS) is 11.2. The lowest BCUT2D eigenvalue weighted by Crippen LogP contribution is -1.98. The van der Waals surface area contributed by atoms with Gasteiger partial charge in [0.1, 0.15) is 11.5 Å². The minimum atomic E-state index is 0.904. The van der Waals surface area contributed by atoms with Crippen molar-refractivity contribution in [3.63, 3.8) is 0 Å². The van der Waals surface area contributed by atoms with Crippen LogP contribution < -0.4 is 0 Å². The largest absolute Gasteiger partial charge is 0.278 e. The van der Waals surface area contributed by atoms with Crippen molar-refractivity contribution < 1.29 is 0 Å². The molecule has 3 aromatic heterocycles. The second-order valence-corrected chi connectivity index (χ2v) is 5.81. The van der Waals surface area contributed by atoms with Gasteiger partial charge in [-0.1, -0.05) is 18.2 Å². The summed E-state index contributed by atoms with van der Waals surface area (Å²) < 4.78 is 3.28. The van der Waals surface area contributed by atoms with Gasteiger partial charge in [0.2, 0.25) is 0 Å². The van der Waals surface area contributed by atoms with Gasteiger partial charge in [0, 0.05) is 26.7 Å². The minimum absolute atomic E-state index is 0.904. The summed E-state index contributed by atoms with van der Waals surface area (Å²) in [6.45, 7) is 0. The summed E-state index contributed by atoms with van der Waals surface area (Å²) in [5.41, 5.74) is 2.08. The summed E-state index contributed by atoms with van der Waals surface area (Å²) in [6.07, 6.45) is 3.66. The molecule has 0 fully saturated rings. The Labute approximate surface area is 129 Å². The number of aromatic nitrogens is 3. The zero-order valence-electron chi connectivity index (χ0n) is 10.5. The number of benzene rings is 1. The number of pyridine rings is 2. The standard InChI is InChI=1S/C16H10IN3/c17-11-7-9-18-15(10-11)20-14-6-2-1-4-12(14)13-5-3-8-19-16(13)20/h1-10H. The number of para-hydroxylation sites is 1. The second kappa shape index (κ2) is 4.56. The molecule has 0 aliphatic heterocycles. The molecule has 0 aliphatic carbocycles. The van der Waals surface area contributed by atoms with Crippen LogP contribution in [-0.4, -0.2) is 14.5 Å². The fraction of sp³-hybridized carbons (Fsp3) is 0. The molecule has 20 heavy (non-hydrogen) atoms. The van der Waals surface area contributed by atoms with E-state index in [1.165, 1.54) is 5.39 Å². The van der Waals surface area contributed by atoms with E-state index < -0.39 is 0 Å². The average Bonchev–Trinajstić information content (AvgIpc) is 2.82. The van der Waals surface area contributed by atoms with Gasteiger partial charge in [0.15, 0.2) is 0 Å². The molecule has 0 atom stereocenters. The minimum Gasteiger partial charge on any atom is -0.278 e. The van der Waals surface area contributed by atoms with Crippen molar-refractivity contribution in [1.29, 1.82) is 0 Å². The van der Waals surface area contributed by atoms with Crippen LogP contribution in [-0.2, 0) is 0 Å². The van der Waals surface area contributed by atoms with Crippen LogP contribution in [0.1, 0.15) is 0 Å². The maximum Gasteiger partial charge on any atom is 0.146 e. The molecular weight excluding hydrogens is 361 g/mol. The van der Waals surface area contributed by atoms with Crippen molar-refractivity contribution in [3.8, 4) is 5.82 Å². The van der Waals surface area contributed by atoms with Gasteiger partial charge in [-0.05, 0) is 52.9 Å². The molecule has 0 amide bonds. The Morgan fingerprint density at radius 1 is 0.850 bits per heavy atom. The fourth-order valence-corrected chi connectivity index (χ4v) is 2.98. The highest BCUT2D eigenvalue weighted by Gasteiger charge is 2.12. The smallest absolute Gasteiger partial charge is 0.146 e. The molecule has 96 valence electrons.